The SMILES string of the molecule is C/C=C\CC/C=C/CCCCC/N=C(\C)CCNC(CC)CC. The van der Waals surface area contributed by atoms with Crippen LogP contribution in [0.5, 0.6) is 0 Å². The summed E-state index contributed by atoms with van der Waals surface area (Å²) in [5, 5.41) is 3.60. The summed E-state index contributed by atoms with van der Waals surface area (Å²) in [6.07, 6.45) is 19.9. The molecule has 0 aromatic heterocycles. The van der Waals surface area contributed by atoms with E-state index in [9.17, 15) is 0 Å². The molecule has 0 aliphatic heterocycles. The Balaban J connectivity index is 3.47. The molecule has 0 rings (SSSR count). The van der Waals surface area contributed by atoms with Gasteiger partial charge in [0.15, 0.2) is 0 Å². The molecule has 0 amide bonds. The summed E-state index contributed by atoms with van der Waals surface area (Å²) in [7, 11) is 0. The largest absolute Gasteiger partial charge is 0.314 e. The lowest BCUT2D eigenvalue weighted by Gasteiger charge is -2.14. The second-order valence-corrected chi connectivity index (χ2v) is 6.30. The molecule has 0 saturated carbocycles. The molecule has 1 N–H and O–H groups in total. The first-order valence-electron chi connectivity index (χ1n) is 9.74. The van der Waals surface area contributed by atoms with Crippen molar-refractivity contribution in [2.24, 2.45) is 4.99 Å². The highest BCUT2D eigenvalue weighted by Gasteiger charge is 2.01. The van der Waals surface area contributed by atoms with Gasteiger partial charge in [-0.05, 0) is 65.2 Å². The van der Waals surface area contributed by atoms with E-state index in [2.05, 4.69) is 57.3 Å². The van der Waals surface area contributed by atoms with Crippen LogP contribution in [0.3, 0.4) is 0 Å². The van der Waals surface area contributed by atoms with Crippen molar-refractivity contribution in [2.45, 2.75) is 91.5 Å². The maximum Gasteiger partial charge on any atom is 0.0388 e. The molecular weight excluding hydrogens is 280 g/mol. The Morgan fingerprint density at radius 2 is 1.65 bits per heavy atom. The summed E-state index contributed by atoms with van der Waals surface area (Å²) < 4.78 is 0. The third-order valence-electron chi connectivity index (χ3n) is 4.22. The molecule has 134 valence electrons. The molecule has 0 aromatic rings. The molecule has 0 atom stereocenters. The number of hydrogen-bond donors (Lipinski definition) is 1. The van der Waals surface area contributed by atoms with Gasteiger partial charge in [-0.25, -0.2) is 0 Å². The van der Waals surface area contributed by atoms with Gasteiger partial charge in [-0.15, -0.1) is 0 Å². The topological polar surface area (TPSA) is 24.4 Å². The van der Waals surface area contributed by atoms with Crippen LogP contribution in [0.15, 0.2) is 29.3 Å². The molecule has 2 heteroatoms. The molecule has 0 aliphatic carbocycles. The van der Waals surface area contributed by atoms with Gasteiger partial charge in [-0.3, -0.25) is 4.99 Å². The Morgan fingerprint density at radius 1 is 0.957 bits per heavy atom. The van der Waals surface area contributed by atoms with Crippen molar-refractivity contribution >= 4 is 5.71 Å². The van der Waals surface area contributed by atoms with E-state index in [1.54, 1.807) is 0 Å². The molecule has 0 aromatic carbocycles. The first-order valence-corrected chi connectivity index (χ1v) is 9.74. The molecule has 0 radical (unpaired) electrons. The van der Waals surface area contributed by atoms with Gasteiger partial charge in [0.2, 0.25) is 0 Å². The Kier molecular flexibility index (Phi) is 16.8. The van der Waals surface area contributed by atoms with Crippen LogP contribution < -0.4 is 5.32 Å². The zero-order valence-electron chi connectivity index (χ0n) is 16.1. The minimum Gasteiger partial charge on any atom is -0.314 e. The lowest BCUT2D eigenvalue weighted by atomic mass is 10.1. The number of hydrogen-bond acceptors (Lipinski definition) is 2. The number of allylic oxidation sites excluding steroid dienone is 4. The summed E-state index contributed by atoms with van der Waals surface area (Å²) in [5.74, 6) is 0. The molecule has 0 fully saturated rings. The molecule has 0 aliphatic rings. The third kappa shape index (κ3) is 15.8. The molecule has 0 bridgehead atoms. The van der Waals surface area contributed by atoms with Crippen LogP contribution in [-0.2, 0) is 0 Å². The van der Waals surface area contributed by atoms with Crippen molar-refractivity contribution < 1.29 is 0 Å². The van der Waals surface area contributed by atoms with Crippen molar-refractivity contribution in [1.29, 1.82) is 0 Å². The monoisotopic (exact) mass is 320 g/mol. The quantitative estimate of drug-likeness (QED) is 0.220. The first kappa shape index (κ1) is 22.1. The Morgan fingerprint density at radius 3 is 2.35 bits per heavy atom. The lowest BCUT2D eigenvalue weighted by Crippen LogP contribution is -2.29. The summed E-state index contributed by atoms with van der Waals surface area (Å²) >= 11 is 0. The first-order chi connectivity index (χ1) is 11.2. The maximum atomic E-state index is 4.69. The summed E-state index contributed by atoms with van der Waals surface area (Å²) in [6, 6.07) is 0.675. The molecule has 0 spiro atoms. The fraction of sp³-hybridized carbons (Fsp3) is 0.762. The van der Waals surface area contributed by atoms with Crippen LogP contribution in [0.1, 0.15) is 85.5 Å². The molecular formula is C21H40N2. The van der Waals surface area contributed by atoms with E-state index in [1.165, 1.54) is 57.1 Å². The van der Waals surface area contributed by atoms with Gasteiger partial charge in [-0.1, -0.05) is 44.6 Å². The lowest BCUT2D eigenvalue weighted by molar-refractivity contribution is 0.492. The predicted molar refractivity (Wildman–Crippen MR) is 107 cm³/mol. The Bertz CT molecular complexity index is 325. The Hall–Kier alpha value is -0.890. The van der Waals surface area contributed by atoms with E-state index in [4.69, 9.17) is 4.99 Å². The van der Waals surface area contributed by atoms with Gasteiger partial charge in [0.25, 0.3) is 0 Å². The normalized spacial score (nSPS) is 13.0. The summed E-state index contributed by atoms with van der Waals surface area (Å²) in [5.41, 5.74) is 1.30. The van der Waals surface area contributed by atoms with Crippen LogP contribution in [0.2, 0.25) is 0 Å². The van der Waals surface area contributed by atoms with E-state index in [-0.39, 0.29) is 0 Å². The van der Waals surface area contributed by atoms with Gasteiger partial charge >= 0.3 is 0 Å². The van der Waals surface area contributed by atoms with Crippen molar-refractivity contribution in [3.05, 3.63) is 24.3 Å². The van der Waals surface area contributed by atoms with Crippen LogP contribution in [0.25, 0.3) is 0 Å². The molecule has 0 saturated heterocycles. The second kappa shape index (κ2) is 17.5. The van der Waals surface area contributed by atoms with Crippen molar-refractivity contribution in [3.8, 4) is 0 Å². The number of unbranched alkanes of at least 4 members (excludes halogenated alkanes) is 4. The van der Waals surface area contributed by atoms with Crippen LogP contribution in [0.4, 0.5) is 0 Å². The highest BCUT2D eigenvalue weighted by molar-refractivity contribution is 5.82. The zero-order valence-corrected chi connectivity index (χ0v) is 16.1. The predicted octanol–water partition coefficient (Wildman–Crippen LogP) is 6.09. The minimum atomic E-state index is 0.675. The van der Waals surface area contributed by atoms with Gasteiger partial charge < -0.3 is 5.32 Å². The van der Waals surface area contributed by atoms with Gasteiger partial charge in [-0.2, -0.15) is 0 Å². The van der Waals surface area contributed by atoms with E-state index in [1.807, 2.05) is 0 Å². The number of aliphatic imine (C=N–C) groups is 1. The van der Waals surface area contributed by atoms with Gasteiger partial charge in [0.1, 0.15) is 0 Å². The average molecular weight is 321 g/mol. The third-order valence-corrected chi connectivity index (χ3v) is 4.22. The van der Waals surface area contributed by atoms with E-state index < -0.39 is 0 Å². The highest BCUT2D eigenvalue weighted by Crippen LogP contribution is 2.03. The van der Waals surface area contributed by atoms with Gasteiger partial charge in [0.05, 0.1) is 0 Å². The van der Waals surface area contributed by atoms with Crippen molar-refractivity contribution in [2.75, 3.05) is 13.1 Å². The maximum absolute atomic E-state index is 4.69. The number of rotatable bonds is 15. The average Bonchev–Trinajstić information content (AvgIpc) is 2.56. The van der Waals surface area contributed by atoms with Crippen LogP contribution >= 0.6 is 0 Å². The standard InChI is InChI=1S/C21H40N2/c1-5-8-9-10-11-12-13-14-15-16-18-22-20(4)17-19-23-21(6-2)7-3/h5,8,11-12,21,23H,6-7,9-10,13-19H2,1-4H3/b8-5-,12-11+,22-20+. The zero-order chi connectivity index (χ0) is 17.2. The molecule has 2 nitrogen and oxygen atoms in total. The van der Waals surface area contributed by atoms with E-state index in [0.717, 1.165) is 19.5 Å². The fourth-order valence-electron chi connectivity index (χ4n) is 2.53. The van der Waals surface area contributed by atoms with Crippen LogP contribution in [0, 0.1) is 0 Å². The second-order valence-electron chi connectivity index (χ2n) is 6.30. The fourth-order valence-corrected chi connectivity index (χ4v) is 2.53. The van der Waals surface area contributed by atoms with Gasteiger partial charge in [0, 0.05) is 24.8 Å². The van der Waals surface area contributed by atoms with Crippen LogP contribution in [-0.4, -0.2) is 24.8 Å². The van der Waals surface area contributed by atoms with E-state index >= 15 is 0 Å². The minimum absolute atomic E-state index is 0.675. The molecule has 23 heavy (non-hydrogen) atoms. The summed E-state index contributed by atoms with van der Waals surface area (Å²) in [6.45, 7) is 10.8. The van der Waals surface area contributed by atoms with Crippen molar-refractivity contribution in [1.82, 2.24) is 5.32 Å². The van der Waals surface area contributed by atoms with E-state index in [0.29, 0.717) is 6.04 Å². The van der Waals surface area contributed by atoms with Crippen molar-refractivity contribution in [3.63, 3.8) is 0 Å². The highest BCUT2D eigenvalue weighted by atomic mass is 14.9. The Labute approximate surface area is 145 Å². The smallest absolute Gasteiger partial charge is 0.0388 e. The number of nitrogens with one attached hydrogen (secondary N) is 1. The molecule has 0 unspecified atom stereocenters. The summed E-state index contributed by atoms with van der Waals surface area (Å²) in [4.78, 5) is 4.69. The number of nitrogens with zero attached hydrogens (tertiary/aromatic N) is 1. The molecule has 0 heterocycles.